The van der Waals surface area contributed by atoms with Gasteiger partial charge in [0.1, 0.15) is 0 Å². The van der Waals surface area contributed by atoms with Crippen molar-refractivity contribution >= 4 is 11.6 Å². The average Bonchev–Trinajstić information content (AvgIpc) is 3.28. The van der Waals surface area contributed by atoms with Crippen LogP contribution >= 0.6 is 0 Å². The fraction of sp³-hybridized carbons (Fsp3) is 0.562. The molecular weight excluding hydrogens is 250 g/mol. The standard InChI is InChI=1S/C16H25N3O/c1-2-19(12-14-3-4-14)10-9-16(20)18-15-7-5-13(11-17)6-8-15/h5-8,14H,2-4,9-12,17H2,1H3,(H,18,20). The fourth-order valence-corrected chi connectivity index (χ4v) is 2.25. The van der Waals surface area contributed by atoms with E-state index in [-0.39, 0.29) is 5.91 Å². The zero-order chi connectivity index (χ0) is 14.4. The third-order valence-corrected chi connectivity index (χ3v) is 3.79. The van der Waals surface area contributed by atoms with Crippen molar-refractivity contribution in [2.75, 3.05) is 25.0 Å². The number of nitrogens with one attached hydrogen (secondary N) is 1. The molecule has 0 saturated heterocycles. The Labute approximate surface area is 121 Å². The lowest BCUT2D eigenvalue weighted by molar-refractivity contribution is -0.116. The summed E-state index contributed by atoms with van der Waals surface area (Å²) in [6, 6.07) is 7.70. The molecule has 20 heavy (non-hydrogen) atoms. The second kappa shape index (κ2) is 7.41. The van der Waals surface area contributed by atoms with Gasteiger partial charge in [-0.2, -0.15) is 0 Å². The van der Waals surface area contributed by atoms with E-state index >= 15 is 0 Å². The number of nitrogens with two attached hydrogens (primary N) is 1. The highest BCUT2D eigenvalue weighted by Gasteiger charge is 2.23. The number of hydrogen-bond donors (Lipinski definition) is 2. The van der Waals surface area contributed by atoms with Gasteiger partial charge in [-0.15, -0.1) is 0 Å². The first-order valence-electron chi connectivity index (χ1n) is 7.52. The molecule has 1 amide bonds. The van der Waals surface area contributed by atoms with E-state index in [1.165, 1.54) is 12.8 Å². The minimum atomic E-state index is 0.0831. The van der Waals surface area contributed by atoms with Crippen molar-refractivity contribution in [2.24, 2.45) is 11.7 Å². The van der Waals surface area contributed by atoms with Crippen LogP contribution in [0.3, 0.4) is 0 Å². The van der Waals surface area contributed by atoms with Crippen molar-refractivity contribution in [3.8, 4) is 0 Å². The summed E-state index contributed by atoms with van der Waals surface area (Å²) >= 11 is 0. The summed E-state index contributed by atoms with van der Waals surface area (Å²) in [5.74, 6) is 0.960. The van der Waals surface area contributed by atoms with Gasteiger partial charge in [-0.25, -0.2) is 0 Å². The molecule has 0 spiro atoms. The summed E-state index contributed by atoms with van der Waals surface area (Å²) in [7, 11) is 0. The van der Waals surface area contributed by atoms with E-state index in [4.69, 9.17) is 5.73 Å². The first kappa shape index (κ1) is 15.0. The molecule has 0 radical (unpaired) electrons. The summed E-state index contributed by atoms with van der Waals surface area (Å²) in [6.07, 6.45) is 3.27. The van der Waals surface area contributed by atoms with E-state index in [1.54, 1.807) is 0 Å². The predicted molar refractivity (Wildman–Crippen MR) is 82.4 cm³/mol. The van der Waals surface area contributed by atoms with Gasteiger partial charge in [-0.1, -0.05) is 19.1 Å². The molecule has 0 atom stereocenters. The number of anilines is 1. The lowest BCUT2D eigenvalue weighted by atomic mass is 10.2. The number of amides is 1. The summed E-state index contributed by atoms with van der Waals surface area (Å²) in [6.45, 7) is 5.70. The number of carbonyl (C=O) groups is 1. The maximum Gasteiger partial charge on any atom is 0.225 e. The third kappa shape index (κ3) is 4.94. The molecule has 1 aromatic rings. The monoisotopic (exact) mass is 275 g/mol. The second-order valence-corrected chi connectivity index (χ2v) is 5.54. The average molecular weight is 275 g/mol. The summed E-state index contributed by atoms with van der Waals surface area (Å²) in [4.78, 5) is 14.3. The van der Waals surface area contributed by atoms with Gasteiger partial charge in [0, 0.05) is 31.7 Å². The molecular formula is C16H25N3O. The summed E-state index contributed by atoms with van der Waals surface area (Å²) in [5.41, 5.74) is 7.47. The maximum absolute atomic E-state index is 11.9. The van der Waals surface area contributed by atoms with E-state index in [2.05, 4.69) is 17.1 Å². The van der Waals surface area contributed by atoms with Crippen molar-refractivity contribution in [3.05, 3.63) is 29.8 Å². The summed E-state index contributed by atoms with van der Waals surface area (Å²) in [5, 5.41) is 2.94. The van der Waals surface area contributed by atoms with Crippen molar-refractivity contribution in [1.29, 1.82) is 0 Å². The zero-order valence-electron chi connectivity index (χ0n) is 12.3. The Morgan fingerprint density at radius 1 is 1.35 bits per heavy atom. The molecule has 0 aliphatic heterocycles. The SMILES string of the molecule is CCN(CCC(=O)Nc1ccc(CN)cc1)CC1CC1. The van der Waals surface area contributed by atoms with Crippen LogP contribution in [0, 0.1) is 5.92 Å². The van der Waals surface area contributed by atoms with Crippen LogP contribution < -0.4 is 11.1 Å². The first-order chi connectivity index (χ1) is 9.71. The minimum Gasteiger partial charge on any atom is -0.326 e. The topological polar surface area (TPSA) is 58.4 Å². The van der Waals surface area contributed by atoms with Crippen LogP contribution in [0.2, 0.25) is 0 Å². The molecule has 3 N–H and O–H groups in total. The molecule has 0 unspecified atom stereocenters. The van der Waals surface area contributed by atoms with Crippen LogP contribution in [-0.4, -0.2) is 30.4 Å². The predicted octanol–water partition coefficient (Wildman–Crippen LogP) is 2.21. The highest BCUT2D eigenvalue weighted by atomic mass is 16.1. The lowest BCUT2D eigenvalue weighted by Crippen LogP contribution is -2.29. The van der Waals surface area contributed by atoms with E-state index in [9.17, 15) is 4.79 Å². The zero-order valence-corrected chi connectivity index (χ0v) is 12.3. The molecule has 4 nitrogen and oxygen atoms in total. The number of rotatable bonds is 8. The Bertz CT molecular complexity index is 426. The Balaban J connectivity index is 1.73. The lowest BCUT2D eigenvalue weighted by Gasteiger charge is -2.19. The molecule has 0 aromatic heterocycles. The van der Waals surface area contributed by atoms with Crippen molar-refractivity contribution in [1.82, 2.24) is 4.90 Å². The van der Waals surface area contributed by atoms with Crippen LogP contribution in [0.4, 0.5) is 5.69 Å². The van der Waals surface area contributed by atoms with Gasteiger partial charge in [0.05, 0.1) is 0 Å². The molecule has 2 rings (SSSR count). The quantitative estimate of drug-likeness (QED) is 0.764. The van der Waals surface area contributed by atoms with Gasteiger partial charge in [0.15, 0.2) is 0 Å². The van der Waals surface area contributed by atoms with E-state index in [1.807, 2.05) is 24.3 Å². The molecule has 1 aromatic carbocycles. The molecule has 0 bridgehead atoms. The molecule has 1 saturated carbocycles. The molecule has 0 heterocycles. The van der Waals surface area contributed by atoms with Crippen LogP contribution in [0.1, 0.15) is 31.7 Å². The Morgan fingerprint density at radius 3 is 2.60 bits per heavy atom. The molecule has 1 aliphatic rings. The van der Waals surface area contributed by atoms with Crippen molar-refractivity contribution in [2.45, 2.75) is 32.7 Å². The Kier molecular flexibility index (Phi) is 5.56. The largest absolute Gasteiger partial charge is 0.326 e. The van der Waals surface area contributed by atoms with E-state index in [0.717, 1.165) is 36.8 Å². The van der Waals surface area contributed by atoms with Crippen molar-refractivity contribution in [3.63, 3.8) is 0 Å². The first-order valence-corrected chi connectivity index (χ1v) is 7.52. The van der Waals surface area contributed by atoms with E-state index in [0.29, 0.717) is 13.0 Å². The Hall–Kier alpha value is -1.39. The van der Waals surface area contributed by atoms with Gasteiger partial charge in [-0.3, -0.25) is 4.79 Å². The van der Waals surface area contributed by atoms with Gasteiger partial charge >= 0.3 is 0 Å². The van der Waals surface area contributed by atoms with Crippen LogP contribution in [0.25, 0.3) is 0 Å². The molecule has 4 heteroatoms. The molecule has 1 aliphatic carbocycles. The van der Waals surface area contributed by atoms with E-state index < -0.39 is 0 Å². The molecule has 110 valence electrons. The number of carbonyl (C=O) groups excluding carboxylic acids is 1. The number of benzene rings is 1. The smallest absolute Gasteiger partial charge is 0.225 e. The van der Waals surface area contributed by atoms with Crippen LogP contribution in [-0.2, 0) is 11.3 Å². The second-order valence-electron chi connectivity index (χ2n) is 5.54. The van der Waals surface area contributed by atoms with Gasteiger partial charge in [-0.05, 0) is 43.0 Å². The number of hydrogen-bond acceptors (Lipinski definition) is 3. The summed E-state index contributed by atoms with van der Waals surface area (Å²) < 4.78 is 0. The normalized spacial score (nSPS) is 14.6. The third-order valence-electron chi connectivity index (χ3n) is 3.79. The Morgan fingerprint density at radius 2 is 2.05 bits per heavy atom. The highest BCUT2D eigenvalue weighted by Crippen LogP contribution is 2.29. The minimum absolute atomic E-state index is 0.0831. The maximum atomic E-state index is 11.9. The highest BCUT2D eigenvalue weighted by molar-refractivity contribution is 5.90. The van der Waals surface area contributed by atoms with Gasteiger partial charge in [0.25, 0.3) is 0 Å². The molecule has 1 fully saturated rings. The van der Waals surface area contributed by atoms with Crippen molar-refractivity contribution < 1.29 is 4.79 Å². The van der Waals surface area contributed by atoms with Crippen LogP contribution in [0.15, 0.2) is 24.3 Å². The number of nitrogens with zero attached hydrogens (tertiary/aromatic N) is 1. The fourth-order valence-electron chi connectivity index (χ4n) is 2.25. The van der Waals surface area contributed by atoms with Gasteiger partial charge in [0.2, 0.25) is 5.91 Å². The van der Waals surface area contributed by atoms with Gasteiger partial charge < -0.3 is 16.0 Å². The van der Waals surface area contributed by atoms with Crippen LogP contribution in [0.5, 0.6) is 0 Å².